The average Bonchev–Trinajstić information content (AvgIpc) is 3.24. The second-order valence-electron chi connectivity index (χ2n) is 6.78. The molecule has 1 amide bonds. The molecule has 2 aromatic rings. The Kier molecular flexibility index (Phi) is 5.56. The van der Waals surface area contributed by atoms with Crippen molar-refractivity contribution in [2.45, 2.75) is 26.1 Å². The Morgan fingerprint density at radius 2 is 1.93 bits per heavy atom. The van der Waals surface area contributed by atoms with Crippen LogP contribution in [0, 0.1) is 0 Å². The molecule has 0 aliphatic carbocycles. The number of amides is 1. The van der Waals surface area contributed by atoms with E-state index in [0.29, 0.717) is 37.2 Å². The minimum atomic E-state index is -0.259. The van der Waals surface area contributed by atoms with Gasteiger partial charge in [0, 0.05) is 24.7 Å². The molecule has 5 nitrogen and oxygen atoms in total. The fourth-order valence-electron chi connectivity index (χ4n) is 3.27. The largest absolute Gasteiger partial charge is 0.457 e. The summed E-state index contributed by atoms with van der Waals surface area (Å²) in [6.45, 7) is 5.48. The zero-order chi connectivity index (χ0) is 19.8. The second kappa shape index (κ2) is 7.95. The van der Waals surface area contributed by atoms with Gasteiger partial charge >= 0.3 is 0 Å². The third kappa shape index (κ3) is 4.01. The Balaban J connectivity index is 1.52. The van der Waals surface area contributed by atoms with Crippen LogP contribution in [0.3, 0.4) is 0 Å². The maximum Gasteiger partial charge on any atom is 0.286 e. The van der Waals surface area contributed by atoms with Crippen molar-refractivity contribution in [1.29, 1.82) is 0 Å². The molecule has 4 rings (SSSR count). The SMILES string of the molecule is CC1CN(C2=NC(=O)C(=Cc3ccc(-c4cccc(Cl)c4Cl)o3)S2)CC(C)O1. The van der Waals surface area contributed by atoms with Crippen molar-refractivity contribution in [2.24, 2.45) is 4.99 Å². The van der Waals surface area contributed by atoms with Gasteiger partial charge in [0.05, 0.1) is 27.2 Å². The van der Waals surface area contributed by atoms with E-state index >= 15 is 0 Å². The van der Waals surface area contributed by atoms with E-state index in [-0.39, 0.29) is 18.1 Å². The summed E-state index contributed by atoms with van der Waals surface area (Å²) in [5, 5.41) is 1.61. The number of morpholine rings is 1. The first kappa shape index (κ1) is 19.6. The van der Waals surface area contributed by atoms with Crippen LogP contribution in [0.5, 0.6) is 0 Å². The van der Waals surface area contributed by atoms with Gasteiger partial charge in [-0.1, -0.05) is 29.3 Å². The second-order valence-corrected chi connectivity index (χ2v) is 8.57. The molecule has 0 spiro atoms. The Morgan fingerprint density at radius 3 is 2.68 bits per heavy atom. The number of furan rings is 1. The lowest BCUT2D eigenvalue weighted by molar-refractivity contribution is -0.113. The van der Waals surface area contributed by atoms with Crippen molar-refractivity contribution in [3.63, 3.8) is 0 Å². The number of amidine groups is 1. The number of aliphatic imine (C=N–C) groups is 1. The van der Waals surface area contributed by atoms with Crippen molar-refractivity contribution in [3.05, 3.63) is 51.0 Å². The zero-order valence-corrected chi connectivity index (χ0v) is 17.6. The van der Waals surface area contributed by atoms with Crippen LogP contribution in [0.2, 0.25) is 10.0 Å². The fraction of sp³-hybridized carbons (Fsp3) is 0.300. The van der Waals surface area contributed by atoms with Crippen molar-refractivity contribution < 1.29 is 13.9 Å². The van der Waals surface area contributed by atoms with Crippen molar-refractivity contribution >= 4 is 52.1 Å². The van der Waals surface area contributed by atoms with Crippen molar-refractivity contribution in [1.82, 2.24) is 4.90 Å². The normalized spacial score (nSPS) is 24.1. The van der Waals surface area contributed by atoms with E-state index < -0.39 is 0 Å². The van der Waals surface area contributed by atoms with Crippen LogP contribution >= 0.6 is 35.0 Å². The monoisotopic (exact) mass is 436 g/mol. The van der Waals surface area contributed by atoms with Crippen molar-refractivity contribution in [3.8, 4) is 11.3 Å². The van der Waals surface area contributed by atoms with E-state index in [9.17, 15) is 4.79 Å². The van der Waals surface area contributed by atoms with Crippen LogP contribution in [-0.2, 0) is 9.53 Å². The Hall–Kier alpha value is -1.73. The van der Waals surface area contributed by atoms with Crippen molar-refractivity contribution in [2.75, 3.05) is 13.1 Å². The molecule has 2 atom stereocenters. The predicted octanol–water partition coefficient (Wildman–Crippen LogP) is 5.33. The van der Waals surface area contributed by atoms with E-state index in [1.807, 2.05) is 26.0 Å². The highest BCUT2D eigenvalue weighted by Gasteiger charge is 2.31. The number of hydrogen-bond acceptors (Lipinski definition) is 5. The molecule has 28 heavy (non-hydrogen) atoms. The summed E-state index contributed by atoms with van der Waals surface area (Å²) < 4.78 is 11.6. The number of halogens is 2. The van der Waals surface area contributed by atoms with Gasteiger partial charge in [-0.15, -0.1) is 0 Å². The summed E-state index contributed by atoms with van der Waals surface area (Å²) in [5.74, 6) is 0.888. The molecule has 3 heterocycles. The number of carbonyl (C=O) groups excluding carboxylic acids is 1. The number of ether oxygens (including phenoxy) is 1. The number of thioether (sulfide) groups is 1. The molecule has 1 saturated heterocycles. The highest BCUT2D eigenvalue weighted by atomic mass is 35.5. The van der Waals surface area contributed by atoms with Crippen LogP contribution < -0.4 is 0 Å². The maximum atomic E-state index is 12.4. The standard InChI is InChI=1S/C20H18Cl2N2O3S/c1-11-9-24(10-12(2)26-11)20-23-19(25)17(28-20)8-13-6-7-16(27-13)14-4-3-5-15(21)18(14)22/h3-8,11-12H,9-10H2,1-2H3. The molecular weight excluding hydrogens is 419 g/mol. The molecule has 0 radical (unpaired) electrons. The molecule has 2 unspecified atom stereocenters. The molecular formula is C20H18Cl2N2O3S. The summed E-state index contributed by atoms with van der Waals surface area (Å²) in [4.78, 5) is 19.2. The summed E-state index contributed by atoms with van der Waals surface area (Å²) in [6.07, 6.45) is 1.91. The van der Waals surface area contributed by atoms with Crippen LogP contribution in [0.4, 0.5) is 0 Å². The van der Waals surface area contributed by atoms with E-state index in [0.717, 1.165) is 13.1 Å². The summed E-state index contributed by atoms with van der Waals surface area (Å²) in [5.41, 5.74) is 0.706. The van der Waals surface area contributed by atoms with Gasteiger partial charge in [-0.25, -0.2) is 0 Å². The number of rotatable bonds is 2. The fourth-order valence-corrected chi connectivity index (χ4v) is 4.57. The highest BCUT2D eigenvalue weighted by molar-refractivity contribution is 8.18. The molecule has 2 aliphatic rings. The van der Waals surface area contributed by atoms with E-state index in [1.165, 1.54) is 11.8 Å². The molecule has 146 valence electrons. The first-order valence-corrected chi connectivity index (χ1v) is 10.4. The first-order chi connectivity index (χ1) is 13.4. The van der Waals surface area contributed by atoms with Gasteiger partial charge in [0.2, 0.25) is 0 Å². The van der Waals surface area contributed by atoms with Crippen LogP contribution in [-0.4, -0.2) is 41.3 Å². The Labute approximate surface area is 177 Å². The maximum absolute atomic E-state index is 12.4. The lowest BCUT2D eigenvalue weighted by Gasteiger charge is -2.35. The van der Waals surface area contributed by atoms with Crippen LogP contribution in [0.15, 0.2) is 44.6 Å². The lowest BCUT2D eigenvalue weighted by Crippen LogP contribution is -2.47. The average molecular weight is 437 g/mol. The summed E-state index contributed by atoms with van der Waals surface area (Å²) >= 11 is 13.7. The minimum Gasteiger partial charge on any atom is -0.457 e. The summed E-state index contributed by atoms with van der Waals surface area (Å²) in [7, 11) is 0. The van der Waals surface area contributed by atoms with Crippen LogP contribution in [0.25, 0.3) is 17.4 Å². The van der Waals surface area contributed by atoms with Gasteiger partial charge in [0.15, 0.2) is 5.17 Å². The molecule has 0 N–H and O–H groups in total. The number of carbonyl (C=O) groups is 1. The molecule has 1 aromatic carbocycles. The number of benzene rings is 1. The highest BCUT2D eigenvalue weighted by Crippen LogP contribution is 2.36. The lowest BCUT2D eigenvalue weighted by atomic mass is 10.2. The third-order valence-electron chi connectivity index (χ3n) is 4.42. The van der Waals surface area contributed by atoms with Gasteiger partial charge in [0.1, 0.15) is 11.5 Å². The van der Waals surface area contributed by atoms with Gasteiger partial charge in [-0.2, -0.15) is 4.99 Å². The van der Waals surface area contributed by atoms with Gasteiger partial charge in [-0.05, 0) is 49.9 Å². The zero-order valence-electron chi connectivity index (χ0n) is 15.3. The molecule has 0 saturated carbocycles. The smallest absolute Gasteiger partial charge is 0.286 e. The molecule has 2 aliphatic heterocycles. The number of nitrogens with zero attached hydrogens (tertiary/aromatic N) is 2. The molecule has 0 bridgehead atoms. The third-order valence-corrected chi connectivity index (χ3v) is 6.28. The van der Waals surface area contributed by atoms with E-state index in [2.05, 4.69) is 9.89 Å². The van der Waals surface area contributed by atoms with Gasteiger partial charge in [0.25, 0.3) is 5.91 Å². The van der Waals surface area contributed by atoms with Gasteiger partial charge in [-0.3, -0.25) is 4.79 Å². The number of hydrogen-bond donors (Lipinski definition) is 0. The van der Waals surface area contributed by atoms with Crippen LogP contribution in [0.1, 0.15) is 19.6 Å². The minimum absolute atomic E-state index is 0.102. The quantitative estimate of drug-likeness (QED) is 0.595. The Bertz CT molecular complexity index is 976. The predicted molar refractivity (Wildman–Crippen MR) is 114 cm³/mol. The molecule has 8 heteroatoms. The summed E-state index contributed by atoms with van der Waals surface area (Å²) in [6, 6.07) is 8.97. The Morgan fingerprint density at radius 1 is 1.18 bits per heavy atom. The first-order valence-electron chi connectivity index (χ1n) is 8.88. The molecule has 1 aromatic heterocycles. The van der Waals surface area contributed by atoms with E-state index in [1.54, 1.807) is 24.3 Å². The van der Waals surface area contributed by atoms with E-state index in [4.69, 9.17) is 32.4 Å². The molecule has 1 fully saturated rings. The van der Waals surface area contributed by atoms with Gasteiger partial charge < -0.3 is 14.1 Å². The topological polar surface area (TPSA) is 55.0 Å².